The number of hydrogen-bond acceptors (Lipinski definition) is 3. The molecule has 0 aromatic rings. The molecule has 0 aliphatic heterocycles. The van der Waals surface area contributed by atoms with E-state index in [1.807, 2.05) is 13.0 Å². The Balaban J connectivity index is 1.39. The van der Waals surface area contributed by atoms with Gasteiger partial charge in [0.15, 0.2) is 0 Å². The number of rotatable bonds is 5. The zero-order valence-electron chi connectivity index (χ0n) is 23.0. The number of fused-ring (bicyclic) bond motifs is 2. The topological polar surface area (TPSA) is 46.5 Å². The summed E-state index contributed by atoms with van der Waals surface area (Å²) < 4.78 is 5.89. The smallest absolute Gasteiger partial charge is 0.302 e. The SMILES string of the molecule is CC(=O)O[C@H]1CC[C@]23C[C@]24CC[C@]2(C)[C@@H]([C@H](C)C/C=C/C(C)O)CC[C@@]2(C)[C@@H]4CC[C@H]3C1(C)C. The van der Waals surface area contributed by atoms with E-state index in [1.165, 1.54) is 51.4 Å². The number of carbonyl (C=O) groups excluding carboxylic acids is 1. The average Bonchev–Trinajstić information content (AvgIpc) is 3.32. The van der Waals surface area contributed by atoms with Gasteiger partial charge in [0.2, 0.25) is 0 Å². The second-order valence-electron chi connectivity index (χ2n) is 14.5. The molecule has 5 fully saturated rings. The number of hydrogen-bond donors (Lipinski definition) is 1. The fraction of sp³-hybridized carbons (Fsp3) is 0.903. The van der Waals surface area contributed by atoms with Gasteiger partial charge in [0, 0.05) is 12.3 Å². The van der Waals surface area contributed by atoms with Crippen LogP contribution in [0.25, 0.3) is 0 Å². The molecule has 5 aliphatic rings. The molecule has 5 rings (SSSR count). The molecule has 5 aliphatic carbocycles. The fourth-order valence-corrected chi connectivity index (χ4v) is 11.4. The minimum absolute atomic E-state index is 0.0863. The molecule has 1 unspecified atom stereocenters. The Bertz CT molecular complexity index is 859. The van der Waals surface area contributed by atoms with Crippen molar-refractivity contribution in [2.24, 2.45) is 50.7 Å². The van der Waals surface area contributed by atoms with Gasteiger partial charge in [-0.25, -0.2) is 0 Å². The first-order chi connectivity index (χ1) is 15.8. The van der Waals surface area contributed by atoms with Gasteiger partial charge in [0.05, 0.1) is 6.10 Å². The van der Waals surface area contributed by atoms with E-state index in [-0.39, 0.29) is 23.6 Å². The van der Waals surface area contributed by atoms with Gasteiger partial charge in [-0.2, -0.15) is 0 Å². The number of aliphatic hydroxyl groups excluding tert-OH is 1. The number of carbonyl (C=O) groups is 1. The summed E-state index contributed by atoms with van der Waals surface area (Å²) in [6.45, 7) is 16.1. The predicted octanol–water partition coefficient (Wildman–Crippen LogP) is 7.32. The Labute approximate surface area is 208 Å². The molecule has 0 aromatic carbocycles. The maximum Gasteiger partial charge on any atom is 0.302 e. The van der Waals surface area contributed by atoms with Crippen LogP contribution in [0.15, 0.2) is 12.2 Å². The van der Waals surface area contributed by atoms with Crippen molar-refractivity contribution in [2.45, 2.75) is 125 Å². The maximum atomic E-state index is 11.8. The van der Waals surface area contributed by atoms with Crippen molar-refractivity contribution < 1.29 is 14.6 Å². The highest BCUT2D eigenvalue weighted by Crippen LogP contribution is 2.89. The minimum atomic E-state index is -0.340. The summed E-state index contributed by atoms with van der Waals surface area (Å²) in [5.41, 5.74) is 2.02. The first-order valence-corrected chi connectivity index (χ1v) is 14.4. The number of ether oxygens (including phenoxy) is 1. The molecular formula is C31H50O3. The fourth-order valence-electron chi connectivity index (χ4n) is 11.4. The molecule has 0 radical (unpaired) electrons. The molecule has 10 atom stereocenters. The van der Waals surface area contributed by atoms with Gasteiger partial charge < -0.3 is 9.84 Å². The summed E-state index contributed by atoms with van der Waals surface area (Å²) in [7, 11) is 0. The molecule has 3 nitrogen and oxygen atoms in total. The minimum Gasteiger partial charge on any atom is -0.462 e. The summed E-state index contributed by atoms with van der Waals surface area (Å²) in [6, 6.07) is 0. The molecule has 2 spiro atoms. The first-order valence-electron chi connectivity index (χ1n) is 14.4. The van der Waals surface area contributed by atoms with Gasteiger partial charge in [-0.15, -0.1) is 0 Å². The predicted molar refractivity (Wildman–Crippen MR) is 137 cm³/mol. The summed E-state index contributed by atoms with van der Waals surface area (Å²) >= 11 is 0. The lowest BCUT2D eigenvalue weighted by atomic mass is 9.41. The number of aliphatic hydroxyl groups is 1. The van der Waals surface area contributed by atoms with Crippen molar-refractivity contribution in [1.82, 2.24) is 0 Å². The Kier molecular flexibility index (Phi) is 5.72. The maximum absolute atomic E-state index is 11.8. The van der Waals surface area contributed by atoms with Crippen molar-refractivity contribution in [2.75, 3.05) is 0 Å². The molecule has 0 amide bonds. The Morgan fingerprint density at radius 1 is 0.941 bits per heavy atom. The van der Waals surface area contributed by atoms with Gasteiger partial charge >= 0.3 is 5.97 Å². The summed E-state index contributed by atoms with van der Waals surface area (Å²) in [5, 5.41) is 9.65. The highest BCUT2D eigenvalue weighted by atomic mass is 16.5. The molecule has 192 valence electrons. The monoisotopic (exact) mass is 470 g/mol. The second-order valence-corrected chi connectivity index (χ2v) is 14.5. The van der Waals surface area contributed by atoms with E-state index in [2.05, 4.69) is 40.7 Å². The Morgan fingerprint density at radius 2 is 1.62 bits per heavy atom. The lowest BCUT2D eigenvalue weighted by Crippen LogP contribution is -2.58. The molecule has 34 heavy (non-hydrogen) atoms. The molecular weight excluding hydrogens is 420 g/mol. The summed E-state index contributed by atoms with van der Waals surface area (Å²) in [5.74, 6) is 2.92. The van der Waals surface area contributed by atoms with Crippen LogP contribution in [0.4, 0.5) is 0 Å². The van der Waals surface area contributed by atoms with Crippen LogP contribution in [0.2, 0.25) is 0 Å². The summed E-state index contributed by atoms with van der Waals surface area (Å²) in [4.78, 5) is 11.8. The van der Waals surface area contributed by atoms with Crippen LogP contribution in [0.1, 0.15) is 113 Å². The largest absolute Gasteiger partial charge is 0.462 e. The van der Waals surface area contributed by atoms with Gasteiger partial charge in [-0.3, -0.25) is 4.79 Å². The van der Waals surface area contributed by atoms with E-state index in [4.69, 9.17) is 4.74 Å². The third-order valence-electron chi connectivity index (χ3n) is 13.0. The molecule has 0 heterocycles. The van der Waals surface area contributed by atoms with Crippen molar-refractivity contribution in [3.63, 3.8) is 0 Å². The standard InChI is InChI=1S/C31H50O3/c1-20(9-8-10-21(2)32)23-13-15-29(7)25-12-11-24-27(4,5)26(34-22(3)33)14-16-30(24)19-31(25,30)18-17-28(23,29)6/h8,10,20-21,23-26,32H,9,11-19H2,1-7H3/b10-8+/t20-,21?,23-,24+,25+,26+,28-,29+,30-,31+/m1/s1. The molecule has 5 saturated carbocycles. The van der Waals surface area contributed by atoms with Crippen LogP contribution in [0.5, 0.6) is 0 Å². The second kappa shape index (κ2) is 7.83. The molecule has 0 aromatic heterocycles. The van der Waals surface area contributed by atoms with Gasteiger partial charge in [-0.1, -0.05) is 46.8 Å². The molecule has 0 bridgehead atoms. The van der Waals surface area contributed by atoms with Crippen molar-refractivity contribution in [1.29, 1.82) is 0 Å². The molecule has 3 heteroatoms. The lowest BCUT2D eigenvalue weighted by molar-refractivity contribution is -0.181. The molecule has 0 saturated heterocycles. The van der Waals surface area contributed by atoms with Crippen LogP contribution in [-0.4, -0.2) is 23.3 Å². The van der Waals surface area contributed by atoms with E-state index in [1.54, 1.807) is 6.92 Å². The van der Waals surface area contributed by atoms with Crippen LogP contribution in [-0.2, 0) is 9.53 Å². The highest BCUT2D eigenvalue weighted by Gasteiger charge is 2.82. The number of esters is 1. The normalized spacial score (nSPS) is 50.5. The van der Waals surface area contributed by atoms with Crippen LogP contribution >= 0.6 is 0 Å². The zero-order valence-corrected chi connectivity index (χ0v) is 23.0. The quantitative estimate of drug-likeness (QED) is 0.338. The van der Waals surface area contributed by atoms with Crippen LogP contribution < -0.4 is 0 Å². The van der Waals surface area contributed by atoms with E-state index in [9.17, 15) is 9.90 Å². The van der Waals surface area contributed by atoms with Gasteiger partial charge in [0.25, 0.3) is 0 Å². The van der Waals surface area contributed by atoms with Crippen LogP contribution in [0, 0.1) is 50.7 Å². The molecule has 1 N–H and O–H groups in total. The van der Waals surface area contributed by atoms with Crippen molar-refractivity contribution in [3.05, 3.63) is 12.2 Å². The van der Waals surface area contributed by atoms with E-state index in [0.29, 0.717) is 33.5 Å². The Hall–Kier alpha value is -0.830. The van der Waals surface area contributed by atoms with Crippen molar-refractivity contribution in [3.8, 4) is 0 Å². The summed E-state index contributed by atoms with van der Waals surface area (Å²) in [6.07, 6.45) is 17.1. The third-order valence-corrected chi connectivity index (χ3v) is 13.0. The van der Waals surface area contributed by atoms with Gasteiger partial charge in [0.1, 0.15) is 6.10 Å². The van der Waals surface area contributed by atoms with Crippen LogP contribution in [0.3, 0.4) is 0 Å². The third kappa shape index (κ3) is 3.13. The Morgan fingerprint density at radius 3 is 2.29 bits per heavy atom. The zero-order chi connectivity index (χ0) is 24.7. The van der Waals surface area contributed by atoms with E-state index < -0.39 is 0 Å². The highest BCUT2D eigenvalue weighted by molar-refractivity contribution is 5.66. The van der Waals surface area contributed by atoms with E-state index in [0.717, 1.165) is 24.7 Å². The average molecular weight is 471 g/mol. The van der Waals surface area contributed by atoms with E-state index >= 15 is 0 Å². The van der Waals surface area contributed by atoms with Gasteiger partial charge in [-0.05, 0) is 116 Å². The van der Waals surface area contributed by atoms with Crippen molar-refractivity contribution >= 4 is 5.97 Å². The number of allylic oxidation sites excluding steroid dienone is 1. The lowest BCUT2D eigenvalue weighted by Gasteiger charge is -2.63. The first kappa shape index (κ1) is 24.8.